The predicted molar refractivity (Wildman–Crippen MR) is 71.5 cm³/mol. The SMILES string of the molecule is Cc1cc(F)ccc1NC(=O)CSc1nncn1C. The average molecular weight is 280 g/mol. The largest absolute Gasteiger partial charge is 0.325 e. The fraction of sp³-hybridized carbons (Fsp3) is 0.250. The van der Waals surface area contributed by atoms with Gasteiger partial charge in [0, 0.05) is 12.7 Å². The highest BCUT2D eigenvalue weighted by atomic mass is 32.2. The average Bonchev–Trinajstić information content (AvgIpc) is 2.76. The monoisotopic (exact) mass is 280 g/mol. The van der Waals surface area contributed by atoms with E-state index in [1.807, 2.05) is 7.05 Å². The normalized spacial score (nSPS) is 10.5. The number of carbonyl (C=O) groups excluding carboxylic acids is 1. The van der Waals surface area contributed by atoms with Gasteiger partial charge in [-0.05, 0) is 30.7 Å². The molecule has 1 N–H and O–H groups in total. The molecule has 5 nitrogen and oxygen atoms in total. The van der Waals surface area contributed by atoms with Crippen molar-refractivity contribution in [2.45, 2.75) is 12.1 Å². The summed E-state index contributed by atoms with van der Waals surface area (Å²) in [4.78, 5) is 11.8. The van der Waals surface area contributed by atoms with Gasteiger partial charge in [-0.25, -0.2) is 4.39 Å². The van der Waals surface area contributed by atoms with Crippen LogP contribution in [0.4, 0.5) is 10.1 Å². The van der Waals surface area contributed by atoms with Gasteiger partial charge in [-0.3, -0.25) is 4.79 Å². The van der Waals surface area contributed by atoms with E-state index in [0.29, 0.717) is 16.4 Å². The molecule has 1 heterocycles. The van der Waals surface area contributed by atoms with Crippen LogP contribution >= 0.6 is 11.8 Å². The molecule has 100 valence electrons. The third kappa shape index (κ3) is 3.54. The molecule has 2 aromatic rings. The van der Waals surface area contributed by atoms with E-state index < -0.39 is 0 Å². The number of hydrogen-bond acceptors (Lipinski definition) is 4. The molecular formula is C12H13FN4OS. The molecule has 1 aromatic carbocycles. The lowest BCUT2D eigenvalue weighted by Gasteiger charge is -2.07. The molecule has 2 rings (SSSR count). The summed E-state index contributed by atoms with van der Waals surface area (Å²) in [5, 5.41) is 11.0. The standard InChI is InChI=1S/C12H13FN4OS/c1-8-5-9(13)3-4-10(8)15-11(18)6-19-12-16-14-7-17(12)2/h3-5,7H,6H2,1-2H3,(H,15,18). The number of nitrogens with one attached hydrogen (secondary N) is 1. The smallest absolute Gasteiger partial charge is 0.234 e. The van der Waals surface area contributed by atoms with Crippen molar-refractivity contribution in [1.82, 2.24) is 14.8 Å². The molecule has 0 bridgehead atoms. The Labute approximate surface area is 114 Å². The molecule has 7 heteroatoms. The summed E-state index contributed by atoms with van der Waals surface area (Å²) in [5.74, 6) is -0.254. The quantitative estimate of drug-likeness (QED) is 0.870. The number of aromatic nitrogens is 3. The van der Waals surface area contributed by atoms with Gasteiger partial charge in [-0.2, -0.15) is 0 Å². The van der Waals surface area contributed by atoms with Crippen molar-refractivity contribution in [3.63, 3.8) is 0 Å². The number of carbonyl (C=O) groups is 1. The van der Waals surface area contributed by atoms with Gasteiger partial charge in [0.15, 0.2) is 5.16 Å². The van der Waals surface area contributed by atoms with Gasteiger partial charge >= 0.3 is 0 Å². The summed E-state index contributed by atoms with van der Waals surface area (Å²) >= 11 is 1.29. The summed E-state index contributed by atoms with van der Waals surface area (Å²) in [7, 11) is 1.81. The zero-order valence-electron chi connectivity index (χ0n) is 10.6. The van der Waals surface area contributed by atoms with Gasteiger partial charge in [0.1, 0.15) is 12.1 Å². The predicted octanol–water partition coefficient (Wildman–Crippen LogP) is 1.99. The molecule has 19 heavy (non-hydrogen) atoms. The molecule has 1 aromatic heterocycles. The highest BCUT2D eigenvalue weighted by Crippen LogP contribution is 2.17. The van der Waals surface area contributed by atoms with Crippen LogP contribution in [0, 0.1) is 12.7 Å². The second-order valence-electron chi connectivity index (χ2n) is 4.02. The molecular weight excluding hydrogens is 267 g/mol. The fourth-order valence-corrected chi connectivity index (χ4v) is 2.18. The lowest BCUT2D eigenvalue weighted by molar-refractivity contribution is -0.113. The lowest BCUT2D eigenvalue weighted by atomic mass is 10.2. The summed E-state index contributed by atoms with van der Waals surface area (Å²) in [5.41, 5.74) is 1.31. The van der Waals surface area contributed by atoms with Crippen LogP contribution in [0.15, 0.2) is 29.7 Å². The second-order valence-corrected chi connectivity index (χ2v) is 4.96. The second kappa shape index (κ2) is 5.83. The Morgan fingerprint density at radius 2 is 2.32 bits per heavy atom. The number of aryl methyl sites for hydroxylation is 2. The maximum atomic E-state index is 12.9. The zero-order chi connectivity index (χ0) is 13.8. The third-order valence-electron chi connectivity index (χ3n) is 2.46. The number of halogens is 1. The van der Waals surface area contributed by atoms with E-state index in [4.69, 9.17) is 0 Å². The van der Waals surface area contributed by atoms with Gasteiger partial charge < -0.3 is 9.88 Å². The van der Waals surface area contributed by atoms with Crippen LogP contribution in [0.25, 0.3) is 0 Å². The van der Waals surface area contributed by atoms with Crippen LogP contribution in [-0.2, 0) is 11.8 Å². The molecule has 0 unspecified atom stereocenters. The minimum absolute atomic E-state index is 0.164. The number of rotatable bonds is 4. The van der Waals surface area contributed by atoms with Crippen molar-refractivity contribution in [2.75, 3.05) is 11.1 Å². The zero-order valence-corrected chi connectivity index (χ0v) is 11.4. The number of benzene rings is 1. The minimum Gasteiger partial charge on any atom is -0.325 e. The lowest BCUT2D eigenvalue weighted by Crippen LogP contribution is -2.15. The van der Waals surface area contributed by atoms with E-state index in [1.54, 1.807) is 23.9 Å². The number of amides is 1. The van der Waals surface area contributed by atoms with Gasteiger partial charge in [0.2, 0.25) is 5.91 Å². The van der Waals surface area contributed by atoms with Crippen LogP contribution in [0.1, 0.15) is 5.56 Å². The summed E-state index contributed by atoms with van der Waals surface area (Å²) in [6.45, 7) is 1.74. The Bertz CT molecular complexity index is 599. The molecule has 0 aliphatic carbocycles. The van der Waals surface area contributed by atoms with Crippen molar-refractivity contribution in [2.24, 2.45) is 7.05 Å². The first kappa shape index (κ1) is 13.5. The first-order valence-electron chi connectivity index (χ1n) is 5.59. The highest BCUT2D eigenvalue weighted by Gasteiger charge is 2.08. The van der Waals surface area contributed by atoms with Crippen LogP contribution in [-0.4, -0.2) is 26.4 Å². The Balaban J connectivity index is 1.93. The van der Waals surface area contributed by atoms with Crippen LogP contribution in [0.5, 0.6) is 0 Å². The highest BCUT2D eigenvalue weighted by molar-refractivity contribution is 7.99. The molecule has 0 saturated carbocycles. The Kier molecular flexibility index (Phi) is 4.16. The van der Waals surface area contributed by atoms with Crippen LogP contribution in [0.3, 0.4) is 0 Å². The number of hydrogen-bond donors (Lipinski definition) is 1. The molecule has 1 amide bonds. The minimum atomic E-state index is -0.316. The van der Waals surface area contributed by atoms with Gasteiger partial charge in [-0.15, -0.1) is 10.2 Å². The summed E-state index contributed by atoms with van der Waals surface area (Å²) < 4.78 is 14.7. The number of nitrogens with zero attached hydrogens (tertiary/aromatic N) is 3. The van der Waals surface area contributed by atoms with Gasteiger partial charge in [0.05, 0.1) is 5.75 Å². The molecule has 0 aliphatic heterocycles. The first-order valence-corrected chi connectivity index (χ1v) is 6.57. The van der Waals surface area contributed by atoms with Crippen molar-refractivity contribution in [3.8, 4) is 0 Å². The van der Waals surface area contributed by atoms with E-state index in [9.17, 15) is 9.18 Å². The topological polar surface area (TPSA) is 59.8 Å². The third-order valence-corrected chi connectivity index (χ3v) is 3.50. The molecule has 0 aliphatic rings. The molecule has 0 spiro atoms. The van der Waals surface area contributed by atoms with E-state index >= 15 is 0 Å². The molecule has 0 fully saturated rings. The van der Waals surface area contributed by atoms with Crippen molar-refractivity contribution in [3.05, 3.63) is 35.9 Å². The maximum absolute atomic E-state index is 12.9. The van der Waals surface area contributed by atoms with E-state index in [2.05, 4.69) is 15.5 Å². The number of thioether (sulfide) groups is 1. The maximum Gasteiger partial charge on any atom is 0.234 e. The molecule has 0 radical (unpaired) electrons. The van der Waals surface area contributed by atoms with Crippen molar-refractivity contribution >= 4 is 23.4 Å². The first-order chi connectivity index (χ1) is 9.06. The van der Waals surface area contributed by atoms with Crippen molar-refractivity contribution in [1.29, 1.82) is 0 Å². The van der Waals surface area contributed by atoms with E-state index in [1.165, 1.54) is 23.9 Å². The number of anilines is 1. The fourth-order valence-electron chi connectivity index (χ4n) is 1.49. The van der Waals surface area contributed by atoms with E-state index in [0.717, 1.165) is 0 Å². The Hall–Kier alpha value is -1.89. The summed E-state index contributed by atoms with van der Waals surface area (Å²) in [6, 6.07) is 4.25. The van der Waals surface area contributed by atoms with Crippen LogP contribution < -0.4 is 5.32 Å². The summed E-state index contributed by atoms with van der Waals surface area (Å²) in [6.07, 6.45) is 1.57. The molecule has 0 saturated heterocycles. The van der Waals surface area contributed by atoms with E-state index in [-0.39, 0.29) is 17.5 Å². The van der Waals surface area contributed by atoms with Gasteiger partial charge in [0.25, 0.3) is 0 Å². The van der Waals surface area contributed by atoms with Crippen molar-refractivity contribution < 1.29 is 9.18 Å². The molecule has 0 atom stereocenters. The van der Waals surface area contributed by atoms with Gasteiger partial charge in [-0.1, -0.05) is 11.8 Å². The van der Waals surface area contributed by atoms with Crippen LogP contribution in [0.2, 0.25) is 0 Å². The Morgan fingerprint density at radius 3 is 2.95 bits per heavy atom. The Morgan fingerprint density at radius 1 is 1.53 bits per heavy atom.